The quantitative estimate of drug-likeness (QED) is 0.787. The molecule has 3 rings (SSSR count). The maximum atomic E-state index is 11.5. The summed E-state index contributed by atoms with van der Waals surface area (Å²) >= 11 is 0. The summed E-state index contributed by atoms with van der Waals surface area (Å²) in [5.41, 5.74) is 5.00. The number of oxazole rings is 1. The van der Waals surface area contributed by atoms with Crippen LogP contribution in [0, 0.1) is 13.8 Å². The maximum Gasteiger partial charge on any atom is 0.419 e. The molecule has 0 saturated heterocycles. The van der Waals surface area contributed by atoms with Crippen LogP contribution in [0.3, 0.4) is 0 Å². The maximum absolute atomic E-state index is 11.5. The van der Waals surface area contributed by atoms with Crippen molar-refractivity contribution in [1.82, 2.24) is 4.57 Å². The van der Waals surface area contributed by atoms with E-state index < -0.39 is 11.9 Å². The fraction of sp³-hybridized carbons (Fsp3) is 0.235. The number of hydrogen-bond donors (Lipinski definition) is 1. The smallest absolute Gasteiger partial charge is 0.408 e. The molecule has 0 fully saturated rings. The standard InChI is InChI=1S/C17H17NO3/c1-10-5-4-6-13(11(10)2)16(19)12-7-8-14-15(9-12)21-17(20)18(14)3/h4-9,16,19H,1-3H3. The van der Waals surface area contributed by atoms with E-state index in [4.69, 9.17) is 4.42 Å². The molecule has 0 aliphatic heterocycles. The molecule has 0 aliphatic rings. The van der Waals surface area contributed by atoms with Crippen molar-refractivity contribution in [2.24, 2.45) is 7.05 Å². The lowest BCUT2D eigenvalue weighted by atomic mass is 9.95. The Labute approximate surface area is 122 Å². The summed E-state index contributed by atoms with van der Waals surface area (Å²) in [6, 6.07) is 11.2. The van der Waals surface area contributed by atoms with Gasteiger partial charge < -0.3 is 9.52 Å². The second-order valence-electron chi connectivity index (χ2n) is 5.35. The van der Waals surface area contributed by atoms with Gasteiger partial charge in [0, 0.05) is 7.05 Å². The third kappa shape index (κ3) is 2.17. The molecule has 21 heavy (non-hydrogen) atoms. The molecule has 2 aromatic carbocycles. The van der Waals surface area contributed by atoms with E-state index >= 15 is 0 Å². The number of aliphatic hydroxyl groups is 1. The molecule has 1 unspecified atom stereocenters. The highest BCUT2D eigenvalue weighted by Gasteiger charge is 2.16. The molecule has 0 amide bonds. The van der Waals surface area contributed by atoms with Crippen molar-refractivity contribution >= 4 is 11.1 Å². The van der Waals surface area contributed by atoms with Crippen LogP contribution in [-0.4, -0.2) is 9.67 Å². The van der Waals surface area contributed by atoms with Gasteiger partial charge in [-0.15, -0.1) is 0 Å². The highest BCUT2D eigenvalue weighted by molar-refractivity contribution is 5.74. The Hall–Kier alpha value is -2.33. The third-order valence-corrected chi connectivity index (χ3v) is 4.07. The first-order valence-corrected chi connectivity index (χ1v) is 6.82. The summed E-state index contributed by atoms with van der Waals surface area (Å²) in [6.45, 7) is 4.01. The van der Waals surface area contributed by atoms with Crippen molar-refractivity contribution in [3.63, 3.8) is 0 Å². The number of aryl methyl sites for hydroxylation is 2. The molecule has 1 aromatic heterocycles. The second kappa shape index (κ2) is 4.90. The summed E-state index contributed by atoms with van der Waals surface area (Å²) < 4.78 is 6.62. The predicted molar refractivity (Wildman–Crippen MR) is 81.4 cm³/mol. The Morgan fingerprint density at radius 3 is 2.71 bits per heavy atom. The fourth-order valence-corrected chi connectivity index (χ4v) is 2.57. The van der Waals surface area contributed by atoms with E-state index in [1.54, 1.807) is 19.2 Å². The van der Waals surface area contributed by atoms with E-state index in [0.29, 0.717) is 11.1 Å². The molecule has 0 saturated carbocycles. The van der Waals surface area contributed by atoms with Gasteiger partial charge in [0.15, 0.2) is 5.58 Å². The Kier molecular flexibility index (Phi) is 3.18. The number of fused-ring (bicyclic) bond motifs is 1. The molecule has 0 spiro atoms. The largest absolute Gasteiger partial charge is 0.419 e. The molecule has 3 aromatic rings. The van der Waals surface area contributed by atoms with Crippen LogP contribution < -0.4 is 5.76 Å². The van der Waals surface area contributed by atoms with Gasteiger partial charge in [-0.05, 0) is 48.2 Å². The highest BCUT2D eigenvalue weighted by atomic mass is 16.4. The van der Waals surface area contributed by atoms with Crippen molar-refractivity contribution < 1.29 is 9.52 Å². The molecule has 108 valence electrons. The number of aliphatic hydroxyl groups excluding tert-OH is 1. The zero-order valence-electron chi connectivity index (χ0n) is 12.3. The van der Waals surface area contributed by atoms with Crippen molar-refractivity contribution in [1.29, 1.82) is 0 Å². The summed E-state index contributed by atoms with van der Waals surface area (Å²) in [5, 5.41) is 10.6. The first-order chi connectivity index (χ1) is 9.99. The molecule has 4 nitrogen and oxygen atoms in total. The highest BCUT2D eigenvalue weighted by Crippen LogP contribution is 2.28. The summed E-state index contributed by atoms with van der Waals surface area (Å²) in [6.07, 6.45) is -0.736. The number of rotatable bonds is 2. The van der Waals surface area contributed by atoms with Crippen LogP contribution in [0.4, 0.5) is 0 Å². The van der Waals surface area contributed by atoms with E-state index in [0.717, 1.165) is 22.2 Å². The van der Waals surface area contributed by atoms with Crippen LogP contribution in [0.2, 0.25) is 0 Å². The number of hydrogen-bond acceptors (Lipinski definition) is 3. The van der Waals surface area contributed by atoms with Gasteiger partial charge >= 0.3 is 5.76 Å². The summed E-state index contributed by atoms with van der Waals surface area (Å²) in [7, 11) is 1.66. The predicted octanol–water partition coefficient (Wildman–Crippen LogP) is 2.83. The lowest BCUT2D eigenvalue weighted by Crippen LogP contribution is -2.08. The van der Waals surface area contributed by atoms with Crippen LogP contribution in [0.5, 0.6) is 0 Å². The van der Waals surface area contributed by atoms with E-state index in [2.05, 4.69) is 0 Å². The van der Waals surface area contributed by atoms with E-state index in [1.165, 1.54) is 4.57 Å². The molecule has 0 radical (unpaired) electrons. The van der Waals surface area contributed by atoms with Gasteiger partial charge in [-0.2, -0.15) is 0 Å². The van der Waals surface area contributed by atoms with Crippen LogP contribution in [-0.2, 0) is 7.05 Å². The van der Waals surface area contributed by atoms with E-state index in [9.17, 15) is 9.90 Å². The van der Waals surface area contributed by atoms with Gasteiger partial charge in [-0.3, -0.25) is 4.57 Å². The van der Waals surface area contributed by atoms with Gasteiger partial charge in [0.1, 0.15) is 6.10 Å². The topological polar surface area (TPSA) is 55.4 Å². The molecule has 0 bridgehead atoms. The molecule has 1 atom stereocenters. The third-order valence-electron chi connectivity index (χ3n) is 4.07. The average molecular weight is 283 g/mol. The normalized spacial score (nSPS) is 12.8. The second-order valence-corrected chi connectivity index (χ2v) is 5.35. The minimum absolute atomic E-state index is 0.400. The average Bonchev–Trinajstić information content (AvgIpc) is 2.76. The van der Waals surface area contributed by atoms with Crippen molar-refractivity contribution in [3.05, 3.63) is 69.2 Å². The SMILES string of the molecule is Cc1cccc(C(O)c2ccc3c(c2)oc(=O)n3C)c1C. The lowest BCUT2D eigenvalue weighted by molar-refractivity contribution is 0.219. The Balaban J connectivity index is 2.11. The van der Waals surface area contributed by atoms with Gasteiger partial charge in [0.2, 0.25) is 0 Å². The molecule has 1 N–H and O–H groups in total. The molecule has 4 heteroatoms. The van der Waals surface area contributed by atoms with Crippen LogP contribution in [0.25, 0.3) is 11.1 Å². The Morgan fingerprint density at radius 2 is 1.95 bits per heavy atom. The van der Waals surface area contributed by atoms with Crippen molar-refractivity contribution in [3.8, 4) is 0 Å². The van der Waals surface area contributed by atoms with Gasteiger partial charge in [0.05, 0.1) is 5.52 Å². The molecular formula is C17H17NO3. The summed E-state index contributed by atoms with van der Waals surface area (Å²) in [4.78, 5) is 11.5. The lowest BCUT2D eigenvalue weighted by Gasteiger charge is -2.15. The van der Waals surface area contributed by atoms with Crippen LogP contribution in [0.15, 0.2) is 45.6 Å². The van der Waals surface area contributed by atoms with Gasteiger partial charge in [0.25, 0.3) is 0 Å². The molecule has 0 aliphatic carbocycles. The van der Waals surface area contributed by atoms with Crippen molar-refractivity contribution in [2.45, 2.75) is 20.0 Å². The zero-order valence-corrected chi connectivity index (χ0v) is 12.3. The monoisotopic (exact) mass is 283 g/mol. The molecular weight excluding hydrogens is 266 g/mol. The van der Waals surface area contributed by atoms with E-state index in [1.807, 2.05) is 38.1 Å². The van der Waals surface area contributed by atoms with Gasteiger partial charge in [-0.25, -0.2) is 4.79 Å². The minimum atomic E-state index is -0.736. The van der Waals surface area contributed by atoms with Crippen LogP contribution in [0.1, 0.15) is 28.4 Å². The summed E-state index contributed by atoms with van der Waals surface area (Å²) in [5.74, 6) is -0.400. The first-order valence-electron chi connectivity index (χ1n) is 6.82. The Morgan fingerprint density at radius 1 is 1.19 bits per heavy atom. The number of benzene rings is 2. The first kappa shape index (κ1) is 13.6. The van der Waals surface area contributed by atoms with E-state index in [-0.39, 0.29) is 0 Å². The Bertz CT molecular complexity index is 873. The minimum Gasteiger partial charge on any atom is -0.408 e. The van der Waals surface area contributed by atoms with Gasteiger partial charge in [-0.1, -0.05) is 24.3 Å². The number of nitrogens with zero attached hydrogens (tertiary/aromatic N) is 1. The van der Waals surface area contributed by atoms with Crippen LogP contribution >= 0.6 is 0 Å². The van der Waals surface area contributed by atoms with Crippen molar-refractivity contribution in [2.75, 3.05) is 0 Å². The number of aromatic nitrogens is 1. The zero-order chi connectivity index (χ0) is 15.1. The fourth-order valence-electron chi connectivity index (χ4n) is 2.57. The molecule has 1 heterocycles.